The van der Waals surface area contributed by atoms with Crippen molar-refractivity contribution in [2.75, 3.05) is 19.6 Å². The number of aromatic nitrogens is 1. The molecule has 0 radical (unpaired) electrons. The maximum absolute atomic E-state index is 14.1. The molecule has 0 saturated carbocycles. The number of para-hydroxylation sites is 1. The minimum absolute atomic E-state index is 0.107. The molecule has 0 fully saturated rings. The van der Waals surface area contributed by atoms with Crippen LogP contribution in [0.3, 0.4) is 0 Å². The van der Waals surface area contributed by atoms with Crippen molar-refractivity contribution >= 4 is 40.4 Å². The summed E-state index contributed by atoms with van der Waals surface area (Å²) in [6, 6.07) is 3.70. The lowest BCUT2D eigenvalue weighted by Gasteiger charge is -2.26. The Morgan fingerprint density at radius 1 is 0.561 bits per heavy atom. The number of amides is 5. The van der Waals surface area contributed by atoms with Gasteiger partial charge in [0.15, 0.2) is 0 Å². The molecule has 2 aromatic rings. The van der Waals surface area contributed by atoms with Crippen LogP contribution in [0.4, 0.5) is 0 Å². The van der Waals surface area contributed by atoms with Crippen molar-refractivity contribution in [3.8, 4) is 0 Å². The summed E-state index contributed by atoms with van der Waals surface area (Å²) in [7, 11) is 0. The van der Waals surface area contributed by atoms with Gasteiger partial charge in [0.1, 0.15) is 24.2 Å². The van der Waals surface area contributed by atoms with Crippen molar-refractivity contribution in [1.82, 2.24) is 26.3 Å². The number of H-pyrrole nitrogens is 1. The zero-order valence-electron chi connectivity index (χ0n) is 34.7. The van der Waals surface area contributed by atoms with Crippen LogP contribution in [0.1, 0.15) is 147 Å². The van der Waals surface area contributed by atoms with Crippen molar-refractivity contribution in [1.29, 1.82) is 0 Å². The van der Waals surface area contributed by atoms with Gasteiger partial charge in [-0.3, -0.25) is 24.0 Å². The summed E-state index contributed by atoms with van der Waals surface area (Å²) in [5.74, 6) is -2.50. The quantitative estimate of drug-likeness (QED) is 0.0463. The normalized spacial score (nSPS) is 13.4. The van der Waals surface area contributed by atoms with E-state index >= 15 is 0 Å². The van der Waals surface area contributed by atoms with Crippen molar-refractivity contribution in [3.63, 3.8) is 0 Å². The lowest BCUT2D eigenvalue weighted by Crippen LogP contribution is -2.58. The summed E-state index contributed by atoms with van der Waals surface area (Å²) < 4.78 is 0. The number of aromatic amines is 1. The number of rotatable bonds is 34. The Morgan fingerprint density at radius 3 is 1.56 bits per heavy atom. The third kappa shape index (κ3) is 20.3. The standard InChI is InChI=1S/C43H75N9O5/c1-2-3-4-5-6-7-8-9-10-11-12-26-39(53)49-36(24-16-19-28-45)41(55)51-37(25-17-20-29-46)42(56)52-38(30-32-31-48-34-22-14-13-21-33(32)34)43(57)50-35(40(47)54)23-15-18-27-44/h13-14,21-22,31,35-38,48H,2-12,15-20,23-30,44-46H2,1H3,(H2,47,54)(H,49,53)(H,50,57)(H,51,55)(H,52,56)/t35-,36-,37-,38-/m0/s1. The van der Waals surface area contributed by atoms with Gasteiger partial charge in [-0.15, -0.1) is 0 Å². The molecule has 1 heterocycles. The SMILES string of the molecule is CCCCCCCCCCCCCC(=O)N[C@@H](CCCCN)C(=O)N[C@@H](CCCCN)C(=O)N[C@@H](Cc1c[nH]c2ccccc12)C(=O)N[C@@H](CCCCN)C(N)=O. The molecule has 1 aromatic carbocycles. The molecule has 13 N–H and O–H groups in total. The molecule has 0 aliphatic rings. The molecule has 0 aliphatic heterocycles. The molecule has 0 unspecified atom stereocenters. The monoisotopic (exact) mass is 798 g/mol. The molecule has 1 aromatic heterocycles. The molecule has 57 heavy (non-hydrogen) atoms. The number of benzene rings is 1. The second-order valence-electron chi connectivity index (χ2n) is 15.4. The summed E-state index contributed by atoms with van der Waals surface area (Å²) in [6.07, 6.45) is 19.8. The molecule has 0 aliphatic carbocycles. The van der Waals surface area contributed by atoms with E-state index in [9.17, 15) is 24.0 Å². The number of hydrogen-bond donors (Lipinski definition) is 9. The maximum Gasteiger partial charge on any atom is 0.243 e. The average molecular weight is 798 g/mol. The second kappa shape index (κ2) is 30.1. The third-order valence-electron chi connectivity index (χ3n) is 10.5. The number of fused-ring (bicyclic) bond motifs is 1. The zero-order valence-corrected chi connectivity index (χ0v) is 34.7. The highest BCUT2D eigenvalue weighted by Gasteiger charge is 2.31. The van der Waals surface area contributed by atoms with Crippen LogP contribution >= 0.6 is 0 Å². The van der Waals surface area contributed by atoms with E-state index in [4.69, 9.17) is 22.9 Å². The molecular weight excluding hydrogens is 723 g/mol. The van der Waals surface area contributed by atoms with Gasteiger partial charge in [0.2, 0.25) is 29.5 Å². The predicted octanol–water partition coefficient (Wildman–Crippen LogP) is 4.22. The number of carbonyl (C=O) groups is 5. The Labute approximate surface area is 340 Å². The van der Waals surface area contributed by atoms with Gasteiger partial charge < -0.3 is 49.2 Å². The summed E-state index contributed by atoms with van der Waals surface area (Å²) in [6.45, 7) is 3.53. The Hall–Kier alpha value is -4.01. The van der Waals surface area contributed by atoms with E-state index in [1.165, 1.54) is 44.9 Å². The maximum atomic E-state index is 14.1. The van der Waals surface area contributed by atoms with Crippen LogP contribution in [-0.2, 0) is 30.4 Å². The lowest BCUT2D eigenvalue weighted by atomic mass is 10.0. The Kier molecular flexibility index (Phi) is 26.0. The lowest BCUT2D eigenvalue weighted by molar-refractivity contribution is -0.134. The molecular formula is C43H75N9O5. The minimum Gasteiger partial charge on any atom is -0.368 e. The fourth-order valence-electron chi connectivity index (χ4n) is 7.06. The number of nitrogens with one attached hydrogen (secondary N) is 5. The van der Waals surface area contributed by atoms with Crippen LogP contribution in [0.5, 0.6) is 0 Å². The van der Waals surface area contributed by atoms with Crippen LogP contribution in [0.2, 0.25) is 0 Å². The van der Waals surface area contributed by atoms with Crippen LogP contribution in [0, 0.1) is 0 Å². The molecule has 2 rings (SSSR count). The molecule has 322 valence electrons. The first-order valence-electron chi connectivity index (χ1n) is 21.8. The highest BCUT2D eigenvalue weighted by atomic mass is 16.2. The van der Waals surface area contributed by atoms with Crippen LogP contribution in [0.15, 0.2) is 30.5 Å². The fourth-order valence-corrected chi connectivity index (χ4v) is 7.06. The molecule has 0 bridgehead atoms. The topological polar surface area (TPSA) is 253 Å². The number of nitrogens with two attached hydrogens (primary N) is 4. The van der Waals surface area contributed by atoms with Crippen LogP contribution in [0.25, 0.3) is 10.9 Å². The Balaban J connectivity index is 2.15. The number of primary amides is 1. The third-order valence-corrected chi connectivity index (χ3v) is 10.5. The van der Waals surface area contributed by atoms with Crippen molar-refractivity contribution in [2.45, 2.75) is 172 Å². The molecule has 0 spiro atoms. The van der Waals surface area contributed by atoms with E-state index in [-0.39, 0.29) is 18.7 Å². The highest BCUT2D eigenvalue weighted by molar-refractivity contribution is 5.96. The first kappa shape index (κ1) is 49.1. The molecule has 0 saturated heterocycles. The smallest absolute Gasteiger partial charge is 0.243 e. The molecule has 5 amide bonds. The summed E-state index contributed by atoms with van der Waals surface area (Å²) in [5, 5.41) is 12.3. The van der Waals surface area contributed by atoms with Gasteiger partial charge in [0, 0.05) is 29.9 Å². The van der Waals surface area contributed by atoms with Gasteiger partial charge >= 0.3 is 0 Å². The summed E-state index contributed by atoms with van der Waals surface area (Å²) >= 11 is 0. The Bertz CT molecular complexity index is 1450. The highest BCUT2D eigenvalue weighted by Crippen LogP contribution is 2.20. The van der Waals surface area contributed by atoms with Gasteiger partial charge in [-0.2, -0.15) is 0 Å². The minimum atomic E-state index is -1.10. The second-order valence-corrected chi connectivity index (χ2v) is 15.4. The molecule has 4 atom stereocenters. The zero-order chi connectivity index (χ0) is 41.7. The van der Waals surface area contributed by atoms with Crippen molar-refractivity contribution < 1.29 is 24.0 Å². The van der Waals surface area contributed by atoms with Gasteiger partial charge in [0.05, 0.1) is 0 Å². The van der Waals surface area contributed by atoms with Crippen LogP contribution in [-0.4, -0.2) is 78.3 Å². The fraction of sp³-hybridized carbons (Fsp3) is 0.698. The van der Waals surface area contributed by atoms with Crippen molar-refractivity contribution in [2.24, 2.45) is 22.9 Å². The summed E-state index contributed by atoms with van der Waals surface area (Å²) in [5.41, 5.74) is 24.5. The molecule has 14 nitrogen and oxygen atoms in total. The first-order chi connectivity index (χ1) is 27.6. The van der Waals surface area contributed by atoms with E-state index < -0.39 is 47.8 Å². The van der Waals surface area contributed by atoms with Crippen molar-refractivity contribution in [3.05, 3.63) is 36.0 Å². The number of carbonyl (C=O) groups excluding carboxylic acids is 5. The number of unbranched alkanes of at least 4 members (excludes halogenated alkanes) is 13. The van der Waals surface area contributed by atoms with E-state index in [2.05, 4.69) is 33.2 Å². The number of hydrogen-bond acceptors (Lipinski definition) is 8. The van der Waals surface area contributed by atoms with Gasteiger partial charge in [-0.05, 0) is 95.5 Å². The molecule has 14 heteroatoms. The van der Waals surface area contributed by atoms with E-state index in [0.29, 0.717) is 77.4 Å². The summed E-state index contributed by atoms with van der Waals surface area (Å²) in [4.78, 5) is 70.4. The predicted molar refractivity (Wildman–Crippen MR) is 229 cm³/mol. The largest absolute Gasteiger partial charge is 0.368 e. The first-order valence-corrected chi connectivity index (χ1v) is 21.8. The van der Waals surface area contributed by atoms with Gasteiger partial charge in [-0.1, -0.05) is 89.3 Å². The average Bonchev–Trinajstić information content (AvgIpc) is 3.61. The van der Waals surface area contributed by atoms with Gasteiger partial charge in [-0.25, -0.2) is 0 Å². The van der Waals surface area contributed by atoms with E-state index in [1.54, 1.807) is 6.20 Å². The van der Waals surface area contributed by atoms with Gasteiger partial charge in [0.25, 0.3) is 0 Å². The Morgan fingerprint density at radius 2 is 1.02 bits per heavy atom. The van der Waals surface area contributed by atoms with E-state index in [0.717, 1.165) is 42.1 Å². The van der Waals surface area contributed by atoms with Crippen LogP contribution < -0.4 is 44.2 Å². The van der Waals surface area contributed by atoms with E-state index in [1.807, 2.05) is 24.3 Å².